The molecule has 0 aromatic heterocycles. The van der Waals surface area contributed by atoms with Gasteiger partial charge in [-0.25, -0.2) is 0 Å². The first-order chi connectivity index (χ1) is 10.0. The summed E-state index contributed by atoms with van der Waals surface area (Å²) in [7, 11) is 0. The maximum Gasteiger partial charge on any atom is 0.0783 e. The average molecular weight is 316 g/mol. The molecule has 3 unspecified atom stereocenters. The summed E-state index contributed by atoms with van der Waals surface area (Å²) < 4.78 is 12.3. The first kappa shape index (κ1) is 17.6. The Morgan fingerprint density at radius 3 is 2.86 bits per heavy atom. The number of hydrogen-bond donors (Lipinski definition) is 1. The first-order valence-electron chi connectivity index (χ1n) is 8.62. The van der Waals surface area contributed by atoms with Crippen LogP contribution in [-0.4, -0.2) is 48.5 Å². The van der Waals surface area contributed by atoms with Crippen LogP contribution in [0.1, 0.15) is 53.4 Å². The Morgan fingerprint density at radius 1 is 1.43 bits per heavy atom. The number of thioether (sulfide) groups is 1. The zero-order valence-corrected chi connectivity index (χ0v) is 15.1. The van der Waals surface area contributed by atoms with Gasteiger partial charge in [-0.15, -0.1) is 0 Å². The molecule has 3 nitrogen and oxygen atoms in total. The third-order valence-corrected chi connectivity index (χ3v) is 6.17. The molecule has 3 atom stereocenters. The molecule has 0 radical (unpaired) electrons. The SMILES string of the molecule is CCCNC(C1CCOC2(CCSC2)C1)C(C)(C)OCC. The minimum atomic E-state index is -0.112. The number of ether oxygens (including phenoxy) is 2. The van der Waals surface area contributed by atoms with E-state index in [1.54, 1.807) is 0 Å². The van der Waals surface area contributed by atoms with E-state index in [0.717, 1.165) is 26.2 Å². The van der Waals surface area contributed by atoms with Crippen LogP contribution in [-0.2, 0) is 9.47 Å². The Labute approximate surface area is 134 Å². The molecule has 2 rings (SSSR count). The molecule has 2 aliphatic heterocycles. The van der Waals surface area contributed by atoms with Crippen LogP contribution in [0.15, 0.2) is 0 Å². The molecule has 0 saturated carbocycles. The van der Waals surface area contributed by atoms with Gasteiger partial charge in [-0.1, -0.05) is 6.92 Å². The van der Waals surface area contributed by atoms with E-state index in [2.05, 4.69) is 44.8 Å². The van der Waals surface area contributed by atoms with E-state index in [0.29, 0.717) is 12.0 Å². The number of nitrogens with one attached hydrogen (secondary N) is 1. The molecule has 1 N–H and O–H groups in total. The normalized spacial score (nSPS) is 31.7. The quantitative estimate of drug-likeness (QED) is 0.779. The highest BCUT2D eigenvalue weighted by Crippen LogP contribution is 2.42. The van der Waals surface area contributed by atoms with Crippen LogP contribution in [0.2, 0.25) is 0 Å². The van der Waals surface area contributed by atoms with Gasteiger partial charge in [-0.2, -0.15) is 11.8 Å². The van der Waals surface area contributed by atoms with Crippen molar-refractivity contribution >= 4 is 11.8 Å². The molecule has 0 amide bonds. The molecular formula is C17H33NO2S. The fourth-order valence-corrected chi connectivity index (χ4v) is 5.33. The highest BCUT2D eigenvalue weighted by Gasteiger charge is 2.45. The number of rotatable bonds is 7. The summed E-state index contributed by atoms with van der Waals surface area (Å²) in [6.07, 6.45) is 4.74. The lowest BCUT2D eigenvalue weighted by Crippen LogP contribution is -2.56. The van der Waals surface area contributed by atoms with Gasteiger partial charge in [0.05, 0.1) is 11.2 Å². The Balaban J connectivity index is 2.07. The van der Waals surface area contributed by atoms with Crippen LogP contribution in [0.4, 0.5) is 0 Å². The third kappa shape index (κ3) is 4.37. The minimum absolute atomic E-state index is 0.112. The molecular weight excluding hydrogens is 282 g/mol. The molecule has 0 aromatic rings. The summed E-state index contributed by atoms with van der Waals surface area (Å²) in [5.41, 5.74) is 0.0425. The van der Waals surface area contributed by atoms with Crippen molar-refractivity contribution in [1.29, 1.82) is 0 Å². The molecule has 2 aliphatic rings. The maximum atomic E-state index is 6.19. The van der Waals surface area contributed by atoms with Crippen molar-refractivity contribution in [2.75, 3.05) is 31.3 Å². The van der Waals surface area contributed by atoms with Crippen LogP contribution in [0.5, 0.6) is 0 Å². The summed E-state index contributed by atoms with van der Waals surface area (Å²) in [5.74, 6) is 3.10. The molecule has 0 aliphatic carbocycles. The molecule has 21 heavy (non-hydrogen) atoms. The summed E-state index contributed by atoms with van der Waals surface area (Å²) in [5, 5.41) is 3.78. The Bertz CT molecular complexity index is 316. The van der Waals surface area contributed by atoms with E-state index in [1.165, 1.54) is 30.8 Å². The summed E-state index contributed by atoms with van der Waals surface area (Å²) in [6.45, 7) is 11.6. The Morgan fingerprint density at radius 2 is 2.24 bits per heavy atom. The summed E-state index contributed by atoms with van der Waals surface area (Å²) in [6, 6.07) is 0.420. The summed E-state index contributed by atoms with van der Waals surface area (Å²) in [4.78, 5) is 0. The molecule has 2 heterocycles. The van der Waals surface area contributed by atoms with Crippen molar-refractivity contribution < 1.29 is 9.47 Å². The Kier molecular flexibility index (Phi) is 6.42. The van der Waals surface area contributed by atoms with Gasteiger partial charge in [0.1, 0.15) is 0 Å². The van der Waals surface area contributed by atoms with Crippen LogP contribution < -0.4 is 5.32 Å². The van der Waals surface area contributed by atoms with E-state index >= 15 is 0 Å². The van der Waals surface area contributed by atoms with E-state index in [1.807, 2.05) is 0 Å². The molecule has 4 heteroatoms. The van der Waals surface area contributed by atoms with Gasteiger partial charge in [0.25, 0.3) is 0 Å². The van der Waals surface area contributed by atoms with E-state index < -0.39 is 0 Å². The van der Waals surface area contributed by atoms with Gasteiger partial charge in [0, 0.05) is 25.0 Å². The fourth-order valence-electron chi connectivity index (χ4n) is 3.96. The highest BCUT2D eigenvalue weighted by molar-refractivity contribution is 7.99. The fraction of sp³-hybridized carbons (Fsp3) is 1.00. The van der Waals surface area contributed by atoms with Crippen molar-refractivity contribution in [3.8, 4) is 0 Å². The molecule has 0 aromatic carbocycles. The Hall–Kier alpha value is 0.230. The van der Waals surface area contributed by atoms with Gasteiger partial charge in [-0.3, -0.25) is 0 Å². The minimum Gasteiger partial charge on any atom is -0.374 e. The first-order valence-corrected chi connectivity index (χ1v) is 9.77. The zero-order valence-electron chi connectivity index (χ0n) is 14.2. The van der Waals surface area contributed by atoms with Crippen molar-refractivity contribution in [2.45, 2.75) is 70.6 Å². The zero-order chi connectivity index (χ0) is 15.3. The van der Waals surface area contributed by atoms with Gasteiger partial charge in [-0.05, 0) is 64.7 Å². The smallest absolute Gasteiger partial charge is 0.0783 e. The highest BCUT2D eigenvalue weighted by atomic mass is 32.2. The topological polar surface area (TPSA) is 30.5 Å². The lowest BCUT2D eigenvalue weighted by Gasteiger charge is -2.46. The third-order valence-electron chi connectivity index (χ3n) is 4.95. The lowest BCUT2D eigenvalue weighted by molar-refractivity contribution is -0.114. The van der Waals surface area contributed by atoms with E-state index in [-0.39, 0.29) is 11.2 Å². The largest absolute Gasteiger partial charge is 0.374 e. The van der Waals surface area contributed by atoms with Crippen molar-refractivity contribution in [1.82, 2.24) is 5.32 Å². The van der Waals surface area contributed by atoms with E-state index in [9.17, 15) is 0 Å². The number of hydrogen-bond acceptors (Lipinski definition) is 4. The predicted molar refractivity (Wildman–Crippen MR) is 91.1 cm³/mol. The van der Waals surface area contributed by atoms with Crippen molar-refractivity contribution in [3.05, 3.63) is 0 Å². The van der Waals surface area contributed by atoms with Gasteiger partial charge >= 0.3 is 0 Å². The molecule has 124 valence electrons. The molecule has 2 fully saturated rings. The van der Waals surface area contributed by atoms with Gasteiger partial charge < -0.3 is 14.8 Å². The molecule has 0 bridgehead atoms. The van der Waals surface area contributed by atoms with E-state index in [4.69, 9.17) is 9.47 Å². The molecule has 2 saturated heterocycles. The summed E-state index contributed by atoms with van der Waals surface area (Å²) >= 11 is 2.05. The van der Waals surface area contributed by atoms with Crippen LogP contribution >= 0.6 is 11.8 Å². The van der Waals surface area contributed by atoms with Crippen molar-refractivity contribution in [3.63, 3.8) is 0 Å². The van der Waals surface area contributed by atoms with Gasteiger partial charge in [0.15, 0.2) is 0 Å². The molecule has 1 spiro atoms. The lowest BCUT2D eigenvalue weighted by atomic mass is 9.76. The van der Waals surface area contributed by atoms with Gasteiger partial charge in [0.2, 0.25) is 0 Å². The second-order valence-electron chi connectivity index (χ2n) is 7.06. The predicted octanol–water partition coefficient (Wildman–Crippen LogP) is 3.47. The standard InChI is InChI=1S/C17H33NO2S/c1-5-9-18-15(16(3,4)19-6-2)14-7-10-20-17(12-14)8-11-21-13-17/h14-15,18H,5-13H2,1-4H3. The van der Waals surface area contributed by atoms with Crippen molar-refractivity contribution in [2.24, 2.45) is 5.92 Å². The average Bonchev–Trinajstić information content (AvgIpc) is 2.87. The monoisotopic (exact) mass is 315 g/mol. The maximum absolute atomic E-state index is 6.19. The second kappa shape index (κ2) is 7.67. The van der Waals surface area contributed by atoms with Crippen LogP contribution in [0.25, 0.3) is 0 Å². The second-order valence-corrected chi connectivity index (χ2v) is 8.16. The van der Waals surface area contributed by atoms with Crippen LogP contribution in [0, 0.1) is 5.92 Å². The van der Waals surface area contributed by atoms with Crippen LogP contribution in [0.3, 0.4) is 0 Å².